The summed E-state index contributed by atoms with van der Waals surface area (Å²) < 4.78 is 6.45. The number of hydrogen-bond donors (Lipinski definition) is 1. The first-order chi connectivity index (χ1) is 11.0. The molecule has 2 aromatic rings. The molecule has 7 heteroatoms. The van der Waals surface area contributed by atoms with Crippen LogP contribution in [-0.4, -0.2) is 18.1 Å². The molecule has 0 atom stereocenters. The Hall–Kier alpha value is -1.99. The zero-order valence-electron chi connectivity index (χ0n) is 12.0. The Kier molecular flexibility index (Phi) is 6.06. The first-order valence-corrected chi connectivity index (χ1v) is 8.11. The summed E-state index contributed by atoms with van der Waals surface area (Å²) in [5.41, 5.74) is 3.69. The SMILES string of the molecule is CC(=O)Oc1ccc(/C=N\NC(=O)c2cccc(Br)c2)cc1Br. The third-order valence-electron chi connectivity index (χ3n) is 2.68. The predicted molar refractivity (Wildman–Crippen MR) is 94.7 cm³/mol. The number of halogens is 2. The smallest absolute Gasteiger partial charge is 0.308 e. The van der Waals surface area contributed by atoms with Crippen molar-refractivity contribution in [2.24, 2.45) is 5.10 Å². The minimum Gasteiger partial charge on any atom is -0.426 e. The molecule has 0 bridgehead atoms. The number of benzene rings is 2. The molecule has 0 unspecified atom stereocenters. The Balaban J connectivity index is 2.02. The van der Waals surface area contributed by atoms with E-state index >= 15 is 0 Å². The first kappa shape index (κ1) is 17.4. The first-order valence-electron chi connectivity index (χ1n) is 6.52. The fourth-order valence-electron chi connectivity index (χ4n) is 1.69. The number of amides is 1. The molecule has 0 aliphatic carbocycles. The third kappa shape index (κ3) is 5.30. The van der Waals surface area contributed by atoms with E-state index in [1.165, 1.54) is 13.1 Å². The molecule has 0 aliphatic heterocycles. The summed E-state index contributed by atoms with van der Waals surface area (Å²) in [5, 5.41) is 3.91. The zero-order valence-corrected chi connectivity index (χ0v) is 15.2. The Morgan fingerprint density at radius 2 is 1.96 bits per heavy atom. The molecular formula is C16H12Br2N2O3. The maximum atomic E-state index is 11.9. The highest BCUT2D eigenvalue weighted by Crippen LogP contribution is 2.25. The van der Waals surface area contributed by atoms with E-state index in [2.05, 4.69) is 42.4 Å². The number of nitrogens with zero attached hydrogens (tertiary/aromatic N) is 1. The van der Waals surface area contributed by atoms with Gasteiger partial charge >= 0.3 is 5.97 Å². The number of carbonyl (C=O) groups excluding carboxylic acids is 2. The monoisotopic (exact) mass is 438 g/mol. The van der Waals surface area contributed by atoms with E-state index in [-0.39, 0.29) is 5.91 Å². The van der Waals surface area contributed by atoms with Crippen LogP contribution in [0, 0.1) is 0 Å². The maximum absolute atomic E-state index is 11.9. The average Bonchev–Trinajstić information content (AvgIpc) is 2.49. The second kappa shape index (κ2) is 8.03. The molecule has 5 nitrogen and oxygen atoms in total. The van der Waals surface area contributed by atoms with Gasteiger partial charge in [-0.05, 0) is 57.9 Å². The minimum absolute atomic E-state index is 0.307. The van der Waals surface area contributed by atoms with Gasteiger partial charge in [0.1, 0.15) is 5.75 Å². The molecule has 0 heterocycles. The van der Waals surface area contributed by atoms with Crippen molar-refractivity contribution >= 4 is 50.0 Å². The number of rotatable bonds is 4. The van der Waals surface area contributed by atoms with Gasteiger partial charge in [-0.1, -0.05) is 22.0 Å². The van der Waals surface area contributed by atoms with Gasteiger partial charge in [-0.2, -0.15) is 5.10 Å². The molecule has 1 amide bonds. The van der Waals surface area contributed by atoms with Crippen molar-refractivity contribution in [1.82, 2.24) is 5.43 Å². The quantitative estimate of drug-likeness (QED) is 0.340. The van der Waals surface area contributed by atoms with E-state index in [1.807, 2.05) is 6.07 Å². The van der Waals surface area contributed by atoms with Gasteiger partial charge in [0, 0.05) is 17.0 Å². The van der Waals surface area contributed by atoms with Crippen LogP contribution in [-0.2, 0) is 4.79 Å². The van der Waals surface area contributed by atoms with Gasteiger partial charge in [-0.25, -0.2) is 5.43 Å². The Morgan fingerprint density at radius 3 is 2.61 bits per heavy atom. The van der Waals surface area contributed by atoms with Gasteiger partial charge in [-0.15, -0.1) is 0 Å². The van der Waals surface area contributed by atoms with Crippen LogP contribution in [0.4, 0.5) is 0 Å². The lowest BCUT2D eigenvalue weighted by Gasteiger charge is -2.04. The van der Waals surface area contributed by atoms with Crippen LogP contribution in [0.25, 0.3) is 0 Å². The topological polar surface area (TPSA) is 67.8 Å². The molecule has 0 radical (unpaired) electrons. The van der Waals surface area contributed by atoms with Crippen LogP contribution in [0.3, 0.4) is 0 Å². The van der Waals surface area contributed by atoms with Gasteiger partial charge in [0.15, 0.2) is 0 Å². The molecule has 118 valence electrons. The van der Waals surface area contributed by atoms with Crippen LogP contribution in [0.2, 0.25) is 0 Å². The number of ether oxygens (including phenoxy) is 1. The van der Waals surface area contributed by atoms with Gasteiger partial charge < -0.3 is 4.74 Å². The van der Waals surface area contributed by atoms with E-state index in [4.69, 9.17) is 4.74 Å². The van der Waals surface area contributed by atoms with Crippen molar-refractivity contribution in [3.05, 3.63) is 62.5 Å². The lowest BCUT2D eigenvalue weighted by Crippen LogP contribution is -2.17. The highest BCUT2D eigenvalue weighted by atomic mass is 79.9. The molecule has 0 saturated heterocycles. The van der Waals surface area contributed by atoms with Crippen molar-refractivity contribution < 1.29 is 14.3 Å². The Morgan fingerprint density at radius 1 is 1.17 bits per heavy atom. The highest BCUT2D eigenvalue weighted by molar-refractivity contribution is 9.10. The van der Waals surface area contributed by atoms with Crippen LogP contribution in [0.15, 0.2) is 56.5 Å². The molecule has 0 fully saturated rings. The number of nitrogens with one attached hydrogen (secondary N) is 1. The standard InChI is InChI=1S/C16H12Br2N2O3/c1-10(21)23-15-6-5-11(7-14(15)18)9-19-20-16(22)12-3-2-4-13(17)8-12/h2-9H,1H3,(H,20,22)/b19-9-. The van der Waals surface area contributed by atoms with Gasteiger partial charge in [-0.3, -0.25) is 9.59 Å². The number of hydrogen-bond acceptors (Lipinski definition) is 4. The lowest BCUT2D eigenvalue weighted by atomic mass is 10.2. The molecule has 0 saturated carbocycles. The van der Waals surface area contributed by atoms with Crippen LogP contribution in [0.1, 0.15) is 22.8 Å². The van der Waals surface area contributed by atoms with Crippen molar-refractivity contribution in [1.29, 1.82) is 0 Å². The summed E-state index contributed by atoms with van der Waals surface area (Å²) in [6.07, 6.45) is 1.50. The second-order valence-electron chi connectivity index (χ2n) is 4.49. The van der Waals surface area contributed by atoms with Crippen molar-refractivity contribution in [2.45, 2.75) is 6.92 Å². The van der Waals surface area contributed by atoms with Gasteiger partial charge in [0.25, 0.3) is 5.91 Å². The van der Waals surface area contributed by atoms with Crippen LogP contribution < -0.4 is 10.2 Å². The summed E-state index contributed by atoms with van der Waals surface area (Å²) in [6, 6.07) is 12.1. The molecule has 1 N–H and O–H groups in total. The van der Waals surface area contributed by atoms with E-state index in [0.717, 1.165) is 10.0 Å². The fourth-order valence-corrected chi connectivity index (χ4v) is 2.57. The van der Waals surface area contributed by atoms with E-state index in [0.29, 0.717) is 15.8 Å². The third-order valence-corrected chi connectivity index (χ3v) is 3.79. The van der Waals surface area contributed by atoms with E-state index in [1.54, 1.807) is 36.4 Å². The predicted octanol–water partition coefficient (Wildman–Crippen LogP) is 3.90. The largest absolute Gasteiger partial charge is 0.426 e. The molecule has 2 aromatic carbocycles. The minimum atomic E-state index is -0.395. The summed E-state index contributed by atoms with van der Waals surface area (Å²) in [5.74, 6) is -0.278. The summed E-state index contributed by atoms with van der Waals surface area (Å²) in [7, 11) is 0. The molecular weight excluding hydrogens is 428 g/mol. The average molecular weight is 440 g/mol. The summed E-state index contributed by atoms with van der Waals surface area (Å²) >= 11 is 6.62. The number of carbonyl (C=O) groups is 2. The van der Waals surface area contributed by atoms with Crippen LogP contribution in [0.5, 0.6) is 5.75 Å². The zero-order chi connectivity index (χ0) is 16.8. The summed E-state index contributed by atoms with van der Waals surface area (Å²) in [6.45, 7) is 1.33. The van der Waals surface area contributed by atoms with Crippen molar-refractivity contribution in [2.75, 3.05) is 0 Å². The Bertz CT molecular complexity index is 776. The van der Waals surface area contributed by atoms with E-state index < -0.39 is 5.97 Å². The molecule has 0 aliphatic rings. The van der Waals surface area contributed by atoms with Crippen molar-refractivity contribution in [3.63, 3.8) is 0 Å². The highest BCUT2D eigenvalue weighted by Gasteiger charge is 2.05. The number of hydrazone groups is 1. The van der Waals surface area contributed by atoms with E-state index in [9.17, 15) is 9.59 Å². The van der Waals surface area contributed by atoms with Gasteiger partial charge in [0.05, 0.1) is 10.7 Å². The molecule has 0 aromatic heterocycles. The van der Waals surface area contributed by atoms with Crippen LogP contribution >= 0.6 is 31.9 Å². The fraction of sp³-hybridized carbons (Fsp3) is 0.0625. The van der Waals surface area contributed by atoms with Gasteiger partial charge in [0.2, 0.25) is 0 Å². The molecule has 23 heavy (non-hydrogen) atoms. The Labute approximate surface area is 150 Å². The molecule has 0 spiro atoms. The lowest BCUT2D eigenvalue weighted by molar-refractivity contribution is -0.131. The molecule has 2 rings (SSSR count). The maximum Gasteiger partial charge on any atom is 0.308 e. The second-order valence-corrected chi connectivity index (χ2v) is 6.26. The van der Waals surface area contributed by atoms with Crippen molar-refractivity contribution in [3.8, 4) is 5.75 Å². The number of esters is 1. The summed E-state index contributed by atoms with van der Waals surface area (Å²) in [4.78, 5) is 22.9. The normalized spacial score (nSPS) is 10.6.